The fourth-order valence-electron chi connectivity index (χ4n) is 5.17. The zero-order chi connectivity index (χ0) is 36.7. The monoisotopic (exact) mass is 682 g/mol. The minimum atomic E-state index is -1.46. The summed E-state index contributed by atoms with van der Waals surface area (Å²) < 4.78 is 24.4. The predicted molar refractivity (Wildman–Crippen MR) is 184 cm³/mol. The molecule has 4 amide bonds. The molecule has 266 valence electrons. The maximum Gasteiger partial charge on any atom is 0.253 e. The van der Waals surface area contributed by atoms with Crippen LogP contribution >= 0.6 is 0 Å². The highest BCUT2D eigenvalue weighted by molar-refractivity contribution is 6.04. The highest BCUT2D eigenvalue weighted by atomic mass is 19.1. The number of aryl methyl sites for hydroxylation is 1. The lowest BCUT2D eigenvalue weighted by Gasteiger charge is -2.29. The van der Waals surface area contributed by atoms with Crippen molar-refractivity contribution >= 4 is 23.6 Å². The van der Waals surface area contributed by atoms with E-state index in [1.54, 1.807) is 25.7 Å². The van der Waals surface area contributed by atoms with Crippen molar-refractivity contribution in [2.75, 3.05) is 19.6 Å². The first kappa shape index (κ1) is 40.5. The molecule has 3 aromatic rings. The second-order valence-corrected chi connectivity index (χ2v) is 12.1. The van der Waals surface area contributed by atoms with Crippen molar-refractivity contribution in [1.82, 2.24) is 15.5 Å². The molecule has 12 heteroatoms. The van der Waals surface area contributed by atoms with Gasteiger partial charge in [-0.25, -0.2) is 8.78 Å². The number of halogens is 2. The number of carbonyl (C=O) groups excluding carboxylic acids is 4. The van der Waals surface area contributed by atoms with Gasteiger partial charge in [0.15, 0.2) is 0 Å². The Morgan fingerprint density at radius 2 is 1.37 bits per heavy atom. The molecule has 0 fully saturated rings. The van der Waals surface area contributed by atoms with Crippen LogP contribution in [0.1, 0.15) is 82.7 Å². The maximum absolute atomic E-state index is 13.1. The van der Waals surface area contributed by atoms with E-state index in [1.165, 1.54) is 30.3 Å². The van der Waals surface area contributed by atoms with Crippen LogP contribution in [0.2, 0.25) is 0 Å². The summed E-state index contributed by atoms with van der Waals surface area (Å²) in [6, 6.07) is 16.7. The van der Waals surface area contributed by atoms with Gasteiger partial charge in [-0.1, -0.05) is 58.0 Å². The number of amides is 4. The summed E-state index contributed by atoms with van der Waals surface area (Å²) in [4.78, 5) is 52.5. The first-order valence-electron chi connectivity index (χ1n) is 16.3. The summed E-state index contributed by atoms with van der Waals surface area (Å²) >= 11 is 0. The first-order chi connectivity index (χ1) is 23.2. The maximum atomic E-state index is 13.1. The third-order valence-electron chi connectivity index (χ3n) is 7.57. The number of nitrogens with one attached hydrogen (secondary N) is 2. The Kier molecular flexibility index (Phi) is 16.5. The summed E-state index contributed by atoms with van der Waals surface area (Å²) in [6.07, 6.45) is -1.42. The summed E-state index contributed by atoms with van der Waals surface area (Å²) in [6.45, 7) is 10.0. The van der Waals surface area contributed by atoms with Crippen LogP contribution in [-0.2, 0) is 11.3 Å². The van der Waals surface area contributed by atoms with Crippen molar-refractivity contribution in [1.29, 1.82) is 0 Å². The molecule has 3 unspecified atom stereocenters. The summed E-state index contributed by atoms with van der Waals surface area (Å²) in [7, 11) is 0. The fourth-order valence-corrected chi connectivity index (χ4v) is 5.17. The number of aliphatic hydroxyl groups is 2. The van der Waals surface area contributed by atoms with Gasteiger partial charge >= 0.3 is 0 Å². The van der Waals surface area contributed by atoms with Gasteiger partial charge in [0, 0.05) is 48.9 Å². The third kappa shape index (κ3) is 13.0. The molecule has 0 bridgehead atoms. The highest BCUT2D eigenvalue weighted by Gasteiger charge is 2.34. The van der Waals surface area contributed by atoms with Crippen molar-refractivity contribution in [3.05, 3.63) is 106 Å². The molecule has 0 saturated carbocycles. The number of carbonyl (C=O) groups is 4. The van der Waals surface area contributed by atoms with Gasteiger partial charge in [0.2, 0.25) is 11.8 Å². The molecule has 0 radical (unpaired) electrons. The van der Waals surface area contributed by atoms with Gasteiger partial charge in [-0.05, 0) is 67.1 Å². The number of rotatable bonds is 15. The van der Waals surface area contributed by atoms with Gasteiger partial charge in [-0.15, -0.1) is 0 Å². The largest absolute Gasteiger partial charge is 0.390 e. The van der Waals surface area contributed by atoms with Gasteiger partial charge < -0.3 is 31.5 Å². The SMILES string of the molecule is CCCN(CCC)C(=O)c1cc(C(N)=O)cc(C(=O)NCC(O)C(O)C(C(=O)NCc2ccccc2)C(C)C)c1.Cc1cc(F)cc(F)c1. The van der Waals surface area contributed by atoms with Gasteiger partial charge in [-0.3, -0.25) is 19.2 Å². The Bertz CT molecular complexity index is 1500. The molecule has 49 heavy (non-hydrogen) atoms. The van der Waals surface area contributed by atoms with Crippen LogP contribution in [0.5, 0.6) is 0 Å². The number of nitrogens with two attached hydrogens (primary N) is 1. The number of primary amides is 1. The molecule has 0 aliphatic carbocycles. The van der Waals surface area contributed by atoms with Crippen LogP contribution < -0.4 is 16.4 Å². The van der Waals surface area contributed by atoms with Crippen LogP contribution in [-0.4, -0.2) is 70.6 Å². The van der Waals surface area contributed by atoms with Crippen molar-refractivity contribution in [3.63, 3.8) is 0 Å². The average Bonchev–Trinajstić information content (AvgIpc) is 3.05. The van der Waals surface area contributed by atoms with E-state index in [0.717, 1.165) is 24.5 Å². The van der Waals surface area contributed by atoms with Crippen LogP contribution in [0, 0.1) is 30.4 Å². The minimum absolute atomic E-state index is 0.000473. The van der Waals surface area contributed by atoms with Crippen molar-refractivity contribution in [2.24, 2.45) is 17.6 Å². The highest BCUT2D eigenvalue weighted by Crippen LogP contribution is 2.20. The van der Waals surface area contributed by atoms with Crippen LogP contribution in [0.4, 0.5) is 8.78 Å². The number of hydrogen-bond donors (Lipinski definition) is 5. The summed E-state index contributed by atoms with van der Waals surface area (Å²) in [5.74, 6) is -4.48. The van der Waals surface area contributed by atoms with Crippen LogP contribution in [0.25, 0.3) is 0 Å². The van der Waals surface area contributed by atoms with E-state index < -0.39 is 47.5 Å². The summed E-state index contributed by atoms with van der Waals surface area (Å²) in [5, 5.41) is 26.8. The fraction of sp³-hybridized carbons (Fsp3) is 0.405. The lowest BCUT2D eigenvalue weighted by Crippen LogP contribution is -2.49. The molecular formula is C37H48F2N4O6. The van der Waals surface area contributed by atoms with E-state index >= 15 is 0 Å². The second kappa shape index (κ2) is 20.0. The molecule has 10 nitrogen and oxygen atoms in total. The number of hydrogen-bond acceptors (Lipinski definition) is 6. The Hall–Kier alpha value is -4.68. The predicted octanol–water partition coefficient (Wildman–Crippen LogP) is 4.36. The minimum Gasteiger partial charge on any atom is -0.390 e. The van der Waals surface area contributed by atoms with Crippen LogP contribution in [0.15, 0.2) is 66.7 Å². The number of aliphatic hydroxyl groups excluding tert-OH is 2. The molecule has 0 saturated heterocycles. The van der Waals surface area contributed by atoms with Crippen molar-refractivity contribution in [3.8, 4) is 0 Å². The molecule has 3 aromatic carbocycles. The standard InChI is InChI=1S/C30H42N4O6.C7H6F2/c1-5-12-34(13-6-2)30(40)23-15-21(27(31)37)14-22(16-23)28(38)33-18-24(35)26(36)25(19(3)4)29(39)32-17-20-10-8-7-9-11-20;1-5-2-6(8)4-7(9)3-5/h7-11,14-16,19,24-26,35-36H,5-6,12-13,17-18H2,1-4H3,(H2,31,37)(H,32,39)(H,33,38);2-4H,1H3. The van der Waals surface area contributed by atoms with E-state index in [2.05, 4.69) is 10.6 Å². The van der Waals surface area contributed by atoms with Gasteiger partial charge in [-0.2, -0.15) is 0 Å². The molecule has 6 N–H and O–H groups in total. The Morgan fingerprint density at radius 1 is 0.816 bits per heavy atom. The Morgan fingerprint density at radius 3 is 1.88 bits per heavy atom. The quantitative estimate of drug-likeness (QED) is 0.160. The molecule has 0 aliphatic heterocycles. The molecule has 0 aromatic heterocycles. The van der Waals surface area contributed by atoms with Gasteiger partial charge in [0.25, 0.3) is 11.8 Å². The molecule has 0 aliphatic rings. The van der Waals surface area contributed by atoms with E-state index in [0.29, 0.717) is 18.7 Å². The van der Waals surface area contributed by atoms with Crippen LogP contribution in [0.3, 0.4) is 0 Å². The normalized spacial score (nSPS) is 12.6. The zero-order valence-corrected chi connectivity index (χ0v) is 28.7. The van der Waals surface area contributed by atoms with Crippen molar-refractivity contribution < 1.29 is 38.2 Å². The number of nitrogens with zero attached hydrogens (tertiary/aromatic N) is 1. The molecule has 0 heterocycles. The van der Waals surface area contributed by atoms with Crippen molar-refractivity contribution in [2.45, 2.75) is 66.2 Å². The summed E-state index contributed by atoms with van der Waals surface area (Å²) in [5.41, 5.74) is 7.11. The Balaban J connectivity index is 0.000000797. The lowest BCUT2D eigenvalue weighted by molar-refractivity contribution is -0.134. The molecule has 3 atom stereocenters. The molecular weight excluding hydrogens is 634 g/mol. The van der Waals surface area contributed by atoms with E-state index in [4.69, 9.17) is 5.73 Å². The first-order valence-corrected chi connectivity index (χ1v) is 16.3. The molecule has 3 rings (SSSR count). The molecule has 0 spiro atoms. The van der Waals surface area contributed by atoms with E-state index in [1.807, 2.05) is 44.2 Å². The zero-order valence-electron chi connectivity index (χ0n) is 28.7. The van der Waals surface area contributed by atoms with E-state index in [9.17, 15) is 38.2 Å². The Labute approximate surface area is 286 Å². The smallest absolute Gasteiger partial charge is 0.253 e. The average molecular weight is 683 g/mol. The van der Waals surface area contributed by atoms with Gasteiger partial charge in [0.1, 0.15) is 11.6 Å². The van der Waals surface area contributed by atoms with E-state index in [-0.39, 0.29) is 41.6 Å². The topological polar surface area (TPSA) is 162 Å². The second-order valence-electron chi connectivity index (χ2n) is 12.1. The third-order valence-corrected chi connectivity index (χ3v) is 7.57. The van der Waals surface area contributed by atoms with Gasteiger partial charge in [0.05, 0.1) is 18.1 Å². The number of benzene rings is 3. The lowest BCUT2D eigenvalue weighted by atomic mass is 9.86.